The fraction of sp³-hybridized carbons (Fsp3) is 0.929. The van der Waals surface area contributed by atoms with E-state index in [1.54, 1.807) is 0 Å². The predicted octanol–water partition coefficient (Wildman–Crippen LogP) is 2.56. The minimum atomic E-state index is -1.85. The number of carbonyl (C=O) groups excluding carboxylic acids is 1. The van der Waals surface area contributed by atoms with Crippen molar-refractivity contribution in [2.75, 3.05) is 13.7 Å². The Morgan fingerprint density at radius 1 is 1.35 bits per heavy atom. The van der Waals surface area contributed by atoms with Gasteiger partial charge >= 0.3 is 5.97 Å². The maximum absolute atomic E-state index is 12.1. The molecular weight excluding hydrogens is 276 g/mol. The Morgan fingerprint density at radius 3 is 2.25 bits per heavy atom. The van der Waals surface area contributed by atoms with Crippen molar-refractivity contribution in [1.29, 1.82) is 0 Å². The predicted molar refractivity (Wildman–Crippen MR) is 78.9 cm³/mol. The number of hydrogen-bond donors (Lipinski definition) is 0. The fourth-order valence-electron chi connectivity index (χ4n) is 2.31. The smallest absolute Gasteiger partial charge is 0.313 e. The lowest BCUT2D eigenvalue weighted by Gasteiger charge is -2.39. The average molecular weight is 304 g/mol. The van der Waals surface area contributed by atoms with Crippen LogP contribution in [0.4, 0.5) is 0 Å². The molecule has 2 atom stereocenters. The van der Waals surface area contributed by atoms with Gasteiger partial charge in [0.1, 0.15) is 6.10 Å². The molecule has 6 heteroatoms. The van der Waals surface area contributed by atoms with Crippen molar-refractivity contribution in [2.45, 2.75) is 65.3 Å². The summed E-state index contributed by atoms with van der Waals surface area (Å²) in [6.07, 6.45) is -0.658. The van der Waals surface area contributed by atoms with Crippen molar-refractivity contribution >= 4 is 14.3 Å². The van der Waals surface area contributed by atoms with Crippen LogP contribution < -0.4 is 0 Å². The molecule has 0 amide bonds. The second kappa shape index (κ2) is 5.75. The van der Waals surface area contributed by atoms with Gasteiger partial charge in [-0.1, -0.05) is 0 Å². The molecule has 1 aliphatic rings. The molecule has 0 bridgehead atoms. The van der Waals surface area contributed by atoms with Crippen LogP contribution in [0.1, 0.15) is 27.7 Å². The van der Waals surface area contributed by atoms with E-state index in [2.05, 4.69) is 19.6 Å². The van der Waals surface area contributed by atoms with Crippen molar-refractivity contribution in [3.05, 3.63) is 0 Å². The summed E-state index contributed by atoms with van der Waals surface area (Å²) in [5.41, 5.74) is -0.788. The number of rotatable bonds is 5. The highest BCUT2D eigenvalue weighted by molar-refractivity contribution is 6.69. The van der Waals surface area contributed by atoms with Crippen LogP contribution in [0.25, 0.3) is 0 Å². The first-order valence-electron chi connectivity index (χ1n) is 6.97. The summed E-state index contributed by atoms with van der Waals surface area (Å²) >= 11 is 0. The van der Waals surface area contributed by atoms with E-state index in [1.165, 1.54) is 7.11 Å². The van der Waals surface area contributed by atoms with E-state index in [4.69, 9.17) is 18.6 Å². The van der Waals surface area contributed by atoms with Crippen molar-refractivity contribution in [3.8, 4) is 0 Å². The van der Waals surface area contributed by atoms with Gasteiger partial charge in [0.2, 0.25) is 0 Å². The number of hydrogen-bond acceptors (Lipinski definition) is 5. The number of methoxy groups -OCH3 is 1. The zero-order valence-corrected chi connectivity index (χ0v) is 14.9. The third kappa shape index (κ3) is 4.28. The van der Waals surface area contributed by atoms with E-state index in [0.29, 0.717) is 6.61 Å². The van der Waals surface area contributed by atoms with E-state index in [-0.39, 0.29) is 18.2 Å². The lowest BCUT2D eigenvalue weighted by molar-refractivity contribution is -0.174. The SMILES string of the molecule is COC(=O)C(C)(C)C(O[Si](C)(C)C)[C@H]1COC(C)(C)O1. The minimum absolute atomic E-state index is 0.272. The van der Waals surface area contributed by atoms with Crippen LogP contribution in [-0.4, -0.2) is 46.0 Å². The maximum atomic E-state index is 12.1. The van der Waals surface area contributed by atoms with Crippen LogP contribution in [0.15, 0.2) is 0 Å². The molecule has 1 heterocycles. The van der Waals surface area contributed by atoms with Gasteiger partial charge in [-0.2, -0.15) is 0 Å². The van der Waals surface area contributed by atoms with Gasteiger partial charge in [0.25, 0.3) is 0 Å². The second-order valence-electron chi connectivity index (χ2n) is 7.23. The Hall–Kier alpha value is -0.433. The molecule has 0 aromatic rings. The Morgan fingerprint density at radius 2 is 1.90 bits per heavy atom. The molecule has 0 aromatic carbocycles. The lowest BCUT2D eigenvalue weighted by atomic mass is 9.83. The summed E-state index contributed by atoms with van der Waals surface area (Å²) in [6, 6.07) is 0. The molecule has 1 fully saturated rings. The van der Waals surface area contributed by atoms with Gasteiger partial charge in [-0.3, -0.25) is 4.79 Å². The van der Waals surface area contributed by atoms with E-state index < -0.39 is 19.5 Å². The largest absolute Gasteiger partial charge is 0.469 e. The number of carbonyl (C=O) groups is 1. The van der Waals surface area contributed by atoms with E-state index >= 15 is 0 Å². The summed E-state index contributed by atoms with van der Waals surface area (Å²) in [6.45, 7) is 14.1. The third-order valence-electron chi connectivity index (χ3n) is 3.27. The van der Waals surface area contributed by atoms with Crippen molar-refractivity contribution in [1.82, 2.24) is 0 Å². The third-order valence-corrected chi connectivity index (χ3v) is 4.23. The zero-order chi connectivity index (χ0) is 15.8. The molecule has 1 saturated heterocycles. The molecule has 0 aliphatic carbocycles. The number of esters is 1. The molecule has 5 nitrogen and oxygen atoms in total. The van der Waals surface area contributed by atoms with E-state index in [9.17, 15) is 4.79 Å². The van der Waals surface area contributed by atoms with Crippen LogP contribution in [0.3, 0.4) is 0 Å². The van der Waals surface area contributed by atoms with E-state index in [1.807, 2.05) is 27.7 Å². The highest BCUT2D eigenvalue weighted by Crippen LogP contribution is 2.36. The van der Waals surface area contributed by atoms with Gasteiger partial charge in [-0.15, -0.1) is 0 Å². The van der Waals surface area contributed by atoms with Gasteiger partial charge in [-0.25, -0.2) is 0 Å². The summed E-state index contributed by atoms with van der Waals surface area (Å²) in [4.78, 5) is 12.1. The monoisotopic (exact) mass is 304 g/mol. The number of ether oxygens (including phenoxy) is 3. The van der Waals surface area contributed by atoms with Gasteiger partial charge < -0.3 is 18.6 Å². The van der Waals surface area contributed by atoms with Crippen LogP contribution >= 0.6 is 0 Å². The first-order chi connectivity index (χ1) is 8.89. The van der Waals surface area contributed by atoms with Crippen molar-refractivity contribution < 1.29 is 23.4 Å². The van der Waals surface area contributed by atoms with E-state index in [0.717, 1.165) is 0 Å². The Labute approximate surface area is 123 Å². The molecule has 0 aromatic heterocycles. The zero-order valence-electron chi connectivity index (χ0n) is 13.9. The van der Waals surface area contributed by atoms with Crippen molar-refractivity contribution in [2.24, 2.45) is 5.41 Å². The molecule has 0 radical (unpaired) electrons. The maximum Gasteiger partial charge on any atom is 0.313 e. The average Bonchev–Trinajstić information content (AvgIpc) is 2.63. The lowest BCUT2D eigenvalue weighted by Crippen LogP contribution is -2.52. The molecule has 0 spiro atoms. The first-order valence-corrected chi connectivity index (χ1v) is 10.4. The van der Waals surface area contributed by atoms with Crippen LogP contribution in [0.2, 0.25) is 19.6 Å². The summed E-state index contributed by atoms with van der Waals surface area (Å²) < 4.78 is 22.7. The second-order valence-corrected chi connectivity index (χ2v) is 11.7. The highest BCUT2D eigenvalue weighted by Gasteiger charge is 2.49. The standard InChI is InChI=1S/C14H28O5Si/c1-13(2,12(15)16-5)11(19-20(6,7)8)10-9-17-14(3,4)18-10/h10-11H,9H2,1-8H3/t10-,11?/m1/s1. The van der Waals surface area contributed by atoms with Gasteiger partial charge in [0, 0.05) is 0 Å². The van der Waals surface area contributed by atoms with Gasteiger partial charge in [0.15, 0.2) is 14.1 Å². The molecule has 0 saturated carbocycles. The van der Waals surface area contributed by atoms with Crippen LogP contribution in [0, 0.1) is 5.41 Å². The van der Waals surface area contributed by atoms with Crippen LogP contribution in [0.5, 0.6) is 0 Å². The van der Waals surface area contributed by atoms with Gasteiger partial charge in [0.05, 0.1) is 25.2 Å². The normalized spacial score (nSPS) is 24.5. The minimum Gasteiger partial charge on any atom is -0.469 e. The molecule has 20 heavy (non-hydrogen) atoms. The first kappa shape index (κ1) is 17.6. The Balaban J connectivity index is 3.00. The topological polar surface area (TPSA) is 54.0 Å². The summed E-state index contributed by atoms with van der Waals surface area (Å²) in [5, 5.41) is 0. The molecule has 118 valence electrons. The quantitative estimate of drug-likeness (QED) is 0.577. The molecule has 1 aliphatic heterocycles. The molecular formula is C14H28O5Si. The molecule has 1 rings (SSSR count). The van der Waals surface area contributed by atoms with Gasteiger partial charge in [-0.05, 0) is 47.3 Å². The van der Waals surface area contributed by atoms with Crippen LogP contribution in [-0.2, 0) is 23.4 Å². The Bertz CT molecular complexity index is 359. The Kier molecular flexibility index (Phi) is 5.07. The summed E-state index contributed by atoms with van der Waals surface area (Å²) in [5.74, 6) is -0.938. The fourth-order valence-corrected chi connectivity index (χ4v) is 3.52. The molecule has 0 N–H and O–H groups in total. The highest BCUT2D eigenvalue weighted by atomic mass is 28.4. The molecule has 1 unspecified atom stereocenters. The van der Waals surface area contributed by atoms with Crippen molar-refractivity contribution in [3.63, 3.8) is 0 Å². The summed E-state index contributed by atoms with van der Waals surface area (Å²) in [7, 11) is -0.451.